The van der Waals surface area contributed by atoms with Crippen LogP contribution in [0.1, 0.15) is 27.2 Å². The lowest BCUT2D eigenvalue weighted by molar-refractivity contribution is -0.0714. The number of alkyl halides is 1. The van der Waals surface area contributed by atoms with E-state index in [-0.39, 0.29) is 12.2 Å². The Morgan fingerprint density at radius 3 is 2.29 bits per heavy atom. The molecule has 1 rings (SSSR count). The molecule has 0 bridgehead atoms. The topological polar surface area (TPSA) is 36.9 Å². The molecule has 0 saturated carbocycles. The van der Waals surface area contributed by atoms with E-state index in [9.17, 15) is 0 Å². The number of ether oxygens (including phenoxy) is 1. The predicted octanol–water partition coefficient (Wildman–Crippen LogP) is 2.59. The van der Waals surface area contributed by atoms with Crippen LogP contribution in [-0.2, 0) is 18.0 Å². The maximum absolute atomic E-state index is 6.04. The SMILES string of the molecule is CCO[Si]1(CCCBr)OC(C)COCC(C)O1. The predicted molar refractivity (Wildman–Crippen MR) is 72.5 cm³/mol. The Hall–Kier alpha value is 0.537. The van der Waals surface area contributed by atoms with Crippen LogP contribution < -0.4 is 0 Å². The minimum absolute atomic E-state index is 0.0380. The van der Waals surface area contributed by atoms with Crippen molar-refractivity contribution in [1.82, 2.24) is 0 Å². The standard InChI is InChI=1S/C11H23BrO4Si/c1-4-14-17(7-5-6-12)15-10(2)8-13-9-11(3)16-17/h10-11H,4-9H2,1-3H3. The highest BCUT2D eigenvalue weighted by Gasteiger charge is 2.44. The molecule has 0 aromatic carbocycles. The van der Waals surface area contributed by atoms with Crippen LogP contribution in [0, 0.1) is 0 Å². The molecule has 1 aliphatic heterocycles. The first-order valence-electron chi connectivity index (χ1n) is 6.25. The van der Waals surface area contributed by atoms with Gasteiger partial charge in [0, 0.05) is 18.0 Å². The van der Waals surface area contributed by atoms with Crippen molar-refractivity contribution >= 4 is 24.7 Å². The molecular weight excluding hydrogens is 304 g/mol. The summed E-state index contributed by atoms with van der Waals surface area (Å²) in [7, 11) is -2.52. The third-order valence-corrected chi connectivity index (χ3v) is 6.23. The average molecular weight is 327 g/mol. The largest absolute Gasteiger partial charge is 0.501 e. The van der Waals surface area contributed by atoms with Crippen molar-refractivity contribution in [3.05, 3.63) is 0 Å². The van der Waals surface area contributed by atoms with Gasteiger partial charge in [-0.1, -0.05) is 15.9 Å². The monoisotopic (exact) mass is 326 g/mol. The van der Waals surface area contributed by atoms with Crippen molar-refractivity contribution in [3.8, 4) is 0 Å². The van der Waals surface area contributed by atoms with E-state index < -0.39 is 8.80 Å². The molecule has 0 amide bonds. The highest BCUT2D eigenvalue weighted by atomic mass is 79.9. The van der Waals surface area contributed by atoms with E-state index in [0.29, 0.717) is 19.8 Å². The van der Waals surface area contributed by atoms with Gasteiger partial charge in [0.15, 0.2) is 0 Å². The highest BCUT2D eigenvalue weighted by molar-refractivity contribution is 9.09. The summed E-state index contributed by atoms with van der Waals surface area (Å²) in [4.78, 5) is 0. The van der Waals surface area contributed by atoms with Crippen LogP contribution in [0.2, 0.25) is 6.04 Å². The van der Waals surface area contributed by atoms with Crippen LogP contribution in [0.15, 0.2) is 0 Å². The third kappa shape index (κ3) is 5.36. The second-order valence-electron chi connectivity index (χ2n) is 4.30. The molecule has 2 unspecified atom stereocenters. The summed E-state index contributed by atoms with van der Waals surface area (Å²) in [5, 5.41) is 0.945. The molecule has 1 saturated heterocycles. The fraction of sp³-hybridized carbons (Fsp3) is 1.00. The second-order valence-corrected chi connectivity index (χ2v) is 7.72. The van der Waals surface area contributed by atoms with E-state index in [4.69, 9.17) is 18.0 Å². The van der Waals surface area contributed by atoms with Crippen LogP contribution >= 0.6 is 15.9 Å². The van der Waals surface area contributed by atoms with Gasteiger partial charge in [-0.15, -0.1) is 0 Å². The molecule has 0 radical (unpaired) electrons. The Balaban J connectivity index is 2.71. The van der Waals surface area contributed by atoms with E-state index in [2.05, 4.69) is 15.9 Å². The summed E-state index contributed by atoms with van der Waals surface area (Å²) in [6.45, 7) is 7.87. The summed E-state index contributed by atoms with van der Waals surface area (Å²) in [6.07, 6.45) is 1.08. The van der Waals surface area contributed by atoms with Crippen molar-refractivity contribution < 1.29 is 18.0 Å². The molecular formula is C11H23BrO4Si. The summed E-state index contributed by atoms with van der Waals surface area (Å²) in [5.41, 5.74) is 0. The number of halogens is 1. The molecule has 2 atom stereocenters. The lowest BCUT2D eigenvalue weighted by Crippen LogP contribution is -2.52. The summed E-state index contributed by atoms with van der Waals surface area (Å²) < 4.78 is 23.4. The van der Waals surface area contributed by atoms with Gasteiger partial charge in [-0.2, -0.15) is 0 Å². The Morgan fingerprint density at radius 1 is 1.24 bits per heavy atom. The van der Waals surface area contributed by atoms with Crippen molar-refractivity contribution in [2.24, 2.45) is 0 Å². The van der Waals surface area contributed by atoms with Gasteiger partial charge < -0.3 is 18.0 Å². The fourth-order valence-electron chi connectivity index (χ4n) is 1.87. The summed E-state index contributed by atoms with van der Waals surface area (Å²) in [6, 6.07) is 0.862. The van der Waals surface area contributed by atoms with Crippen molar-refractivity contribution in [1.29, 1.82) is 0 Å². The van der Waals surface area contributed by atoms with Gasteiger partial charge in [0.25, 0.3) is 0 Å². The Morgan fingerprint density at radius 2 is 1.82 bits per heavy atom. The fourth-order valence-corrected chi connectivity index (χ4v) is 5.65. The van der Waals surface area contributed by atoms with E-state index in [1.165, 1.54) is 0 Å². The lowest BCUT2D eigenvalue weighted by Gasteiger charge is -2.36. The molecule has 6 heteroatoms. The van der Waals surface area contributed by atoms with Crippen LogP contribution in [0.5, 0.6) is 0 Å². The van der Waals surface area contributed by atoms with Crippen LogP contribution in [0.25, 0.3) is 0 Å². The maximum atomic E-state index is 6.04. The van der Waals surface area contributed by atoms with E-state index in [1.807, 2.05) is 20.8 Å². The first-order valence-corrected chi connectivity index (χ1v) is 9.30. The molecule has 1 heterocycles. The van der Waals surface area contributed by atoms with Crippen LogP contribution in [-0.4, -0.2) is 46.2 Å². The number of hydrogen-bond donors (Lipinski definition) is 0. The molecule has 0 spiro atoms. The molecule has 102 valence electrons. The quantitative estimate of drug-likeness (QED) is 0.574. The molecule has 17 heavy (non-hydrogen) atoms. The number of hydrogen-bond acceptors (Lipinski definition) is 4. The van der Waals surface area contributed by atoms with Crippen molar-refractivity contribution in [2.75, 3.05) is 25.2 Å². The smallest absolute Gasteiger partial charge is 0.376 e. The normalized spacial score (nSPS) is 35.3. The van der Waals surface area contributed by atoms with Crippen molar-refractivity contribution in [2.45, 2.75) is 45.4 Å². The zero-order chi connectivity index (χ0) is 12.7. The zero-order valence-corrected chi connectivity index (χ0v) is 13.5. The van der Waals surface area contributed by atoms with Crippen LogP contribution in [0.3, 0.4) is 0 Å². The van der Waals surface area contributed by atoms with E-state index >= 15 is 0 Å². The first kappa shape index (κ1) is 15.6. The third-order valence-electron chi connectivity index (χ3n) is 2.45. The van der Waals surface area contributed by atoms with E-state index in [1.54, 1.807) is 0 Å². The van der Waals surface area contributed by atoms with Gasteiger partial charge in [0.05, 0.1) is 25.4 Å². The van der Waals surface area contributed by atoms with Gasteiger partial charge in [0.1, 0.15) is 0 Å². The minimum Gasteiger partial charge on any atom is -0.376 e. The second kappa shape index (κ2) is 7.86. The summed E-state index contributed by atoms with van der Waals surface area (Å²) in [5.74, 6) is 0. The Bertz CT molecular complexity index is 206. The maximum Gasteiger partial charge on any atom is 0.501 e. The van der Waals surface area contributed by atoms with E-state index in [0.717, 1.165) is 17.8 Å². The molecule has 1 fully saturated rings. The van der Waals surface area contributed by atoms with Crippen LogP contribution in [0.4, 0.5) is 0 Å². The Kier molecular flexibility index (Phi) is 7.21. The molecule has 0 aromatic rings. The average Bonchev–Trinajstić information content (AvgIpc) is 2.24. The van der Waals surface area contributed by atoms with Gasteiger partial charge in [-0.05, 0) is 27.2 Å². The zero-order valence-electron chi connectivity index (χ0n) is 10.9. The number of rotatable bonds is 5. The van der Waals surface area contributed by atoms with Crippen molar-refractivity contribution in [3.63, 3.8) is 0 Å². The van der Waals surface area contributed by atoms with Gasteiger partial charge in [0.2, 0.25) is 0 Å². The lowest BCUT2D eigenvalue weighted by atomic mass is 10.4. The van der Waals surface area contributed by atoms with Gasteiger partial charge in [-0.25, -0.2) is 0 Å². The molecule has 0 N–H and O–H groups in total. The molecule has 0 aromatic heterocycles. The minimum atomic E-state index is -2.52. The summed E-state index contributed by atoms with van der Waals surface area (Å²) >= 11 is 3.45. The Labute approximate surface area is 113 Å². The van der Waals surface area contributed by atoms with Gasteiger partial charge >= 0.3 is 8.80 Å². The highest BCUT2D eigenvalue weighted by Crippen LogP contribution is 2.24. The first-order chi connectivity index (χ1) is 8.12. The molecule has 4 nitrogen and oxygen atoms in total. The molecule has 0 aliphatic carbocycles. The molecule has 1 aliphatic rings. The van der Waals surface area contributed by atoms with Gasteiger partial charge in [-0.3, -0.25) is 0 Å².